The lowest BCUT2D eigenvalue weighted by atomic mass is 10.1. The maximum Gasteiger partial charge on any atom is 0.255 e. The summed E-state index contributed by atoms with van der Waals surface area (Å²) >= 11 is 6.19. The molecule has 30 heavy (non-hydrogen) atoms. The number of benzene rings is 3. The highest BCUT2D eigenvalue weighted by Gasteiger charge is 2.11. The molecule has 0 atom stereocenters. The third-order valence-electron chi connectivity index (χ3n) is 4.96. The van der Waals surface area contributed by atoms with Crippen molar-refractivity contribution in [1.29, 1.82) is 0 Å². The monoisotopic (exact) mass is 416 g/mol. The Balaban J connectivity index is 1.39. The summed E-state index contributed by atoms with van der Waals surface area (Å²) in [6.07, 6.45) is 1.74. The van der Waals surface area contributed by atoms with Crippen molar-refractivity contribution in [3.05, 3.63) is 76.9 Å². The molecule has 7 nitrogen and oxygen atoms in total. The molecule has 0 bridgehead atoms. The fourth-order valence-corrected chi connectivity index (χ4v) is 3.47. The van der Waals surface area contributed by atoms with Crippen LogP contribution in [0.15, 0.2) is 60.8 Å². The summed E-state index contributed by atoms with van der Waals surface area (Å²) in [5.74, 6) is 0.378. The number of carbonyl (C=O) groups excluding carboxylic acids is 1. The van der Waals surface area contributed by atoms with Gasteiger partial charge in [0.05, 0.1) is 22.7 Å². The molecule has 0 saturated carbocycles. The van der Waals surface area contributed by atoms with Crippen molar-refractivity contribution >= 4 is 56.8 Å². The van der Waals surface area contributed by atoms with E-state index in [0.717, 1.165) is 33.2 Å². The van der Waals surface area contributed by atoms with Crippen LogP contribution < -0.4 is 10.6 Å². The lowest BCUT2D eigenvalue weighted by Crippen LogP contribution is -2.11. The number of H-pyrrole nitrogens is 2. The second-order valence-electron chi connectivity index (χ2n) is 6.98. The first-order valence-corrected chi connectivity index (χ1v) is 9.71. The maximum atomic E-state index is 12.7. The van der Waals surface area contributed by atoms with Gasteiger partial charge in [-0.05, 0) is 61.0 Å². The number of carbonyl (C=O) groups is 1. The molecule has 2 heterocycles. The summed E-state index contributed by atoms with van der Waals surface area (Å²) in [4.78, 5) is 20.5. The fourth-order valence-electron chi connectivity index (χ4n) is 3.30. The standard InChI is InChI=1S/C22H17ClN6O/c1-12-16(23)3-2-4-17(12)26-22-27-18-8-6-13(9-20(18)28-22)21(30)25-15-7-5-14-11-24-29-19(14)10-15/h2-11H,1H3,(H,24,29)(H,25,30)(H2,26,27,28). The maximum absolute atomic E-state index is 12.7. The first-order valence-electron chi connectivity index (χ1n) is 9.33. The van der Waals surface area contributed by atoms with Crippen LogP contribution in [0.1, 0.15) is 15.9 Å². The van der Waals surface area contributed by atoms with E-state index >= 15 is 0 Å². The van der Waals surface area contributed by atoms with E-state index in [2.05, 4.69) is 30.8 Å². The SMILES string of the molecule is Cc1c(Cl)cccc1Nc1nc2ccc(C(=O)Nc3ccc4cn[nH]c4c3)cc2[nH]1. The van der Waals surface area contributed by atoms with E-state index in [1.165, 1.54) is 0 Å². The van der Waals surface area contributed by atoms with Crippen LogP contribution in [0, 0.1) is 6.92 Å². The Bertz CT molecular complexity index is 1400. The highest BCUT2D eigenvalue weighted by molar-refractivity contribution is 6.31. The number of hydrogen-bond acceptors (Lipinski definition) is 4. The molecule has 3 aromatic carbocycles. The zero-order chi connectivity index (χ0) is 20.7. The van der Waals surface area contributed by atoms with Gasteiger partial charge in [0.2, 0.25) is 5.95 Å². The fraction of sp³-hybridized carbons (Fsp3) is 0.0455. The van der Waals surface area contributed by atoms with Crippen molar-refractivity contribution in [2.45, 2.75) is 6.92 Å². The highest BCUT2D eigenvalue weighted by atomic mass is 35.5. The van der Waals surface area contributed by atoms with Gasteiger partial charge in [0.1, 0.15) is 0 Å². The van der Waals surface area contributed by atoms with E-state index in [1.807, 2.05) is 49.4 Å². The Hall–Kier alpha value is -3.84. The Kier molecular flexibility index (Phi) is 4.37. The molecule has 5 aromatic rings. The van der Waals surface area contributed by atoms with Gasteiger partial charge in [-0.15, -0.1) is 0 Å². The second kappa shape index (κ2) is 7.20. The van der Waals surface area contributed by atoms with Gasteiger partial charge in [0.15, 0.2) is 0 Å². The first-order chi connectivity index (χ1) is 14.6. The molecule has 5 rings (SSSR count). The molecule has 0 aliphatic carbocycles. The van der Waals surface area contributed by atoms with Gasteiger partial charge < -0.3 is 15.6 Å². The lowest BCUT2D eigenvalue weighted by molar-refractivity contribution is 0.102. The van der Waals surface area contributed by atoms with Crippen molar-refractivity contribution < 1.29 is 4.79 Å². The number of aromatic nitrogens is 4. The molecule has 148 valence electrons. The molecule has 0 aliphatic rings. The van der Waals surface area contributed by atoms with Gasteiger partial charge in [-0.2, -0.15) is 5.10 Å². The quantitative estimate of drug-likeness (QED) is 0.315. The molecule has 0 spiro atoms. The Morgan fingerprint density at radius 1 is 1.07 bits per heavy atom. The number of nitrogens with one attached hydrogen (secondary N) is 4. The number of aromatic amines is 2. The summed E-state index contributed by atoms with van der Waals surface area (Å²) in [5.41, 5.74) is 5.41. The van der Waals surface area contributed by atoms with E-state index in [0.29, 0.717) is 22.2 Å². The molecular formula is C22H17ClN6O. The smallest absolute Gasteiger partial charge is 0.255 e. The summed E-state index contributed by atoms with van der Waals surface area (Å²) in [7, 11) is 0. The number of halogens is 1. The second-order valence-corrected chi connectivity index (χ2v) is 7.39. The Morgan fingerprint density at radius 3 is 2.87 bits per heavy atom. The van der Waals surface area contributed by atoms with Crippen molar-refractivity contribution in [2.75, 3.05) is 10.6 Å². The third-order valence-corrected chi connectivity index (χ3v) is 5.37. The van der Waals surface area contributed by atoms with Crippen LogP contribution in [0.25, 0.3) is 21.9 Å². The van der Waals surface area contributed by atoms with Crippen LogP contribution in [0.3, 0.4) is 0 Å². The summed E-state index contributed by atoms with van der Waals surface area (Å²) < 4.78 is 0. The molecule has 1 amide bonds. The molecule has 0 saturated heterocycles. The van der Waals surface area contributed by atoms with Crippen LogP contribution in [0.4, 0.5) is 17.3 Å². The highest BCUT2D eigenvalue weighted by Crippen LogP contribution is 2.26. The third kappa shape index (κ3) is 3.35. The minimum atomic E-state index is -0.203. The lowest BCUT2D eigenvalue weighted by Gasteiger charge is -2.07. The van der Waals surface area contributed by atoms with Gasteiger partial charge in [-0.3, -0.25) is 9.89 Å². The number of amides is 1. The molecule has 8 heteroatoms. The number of imidazole rings is 1. The van der Waals surface area contributed by atoms with Crippen molar-refractivity contribution in [3.8, 4) is 0 Å². The summed E-state index contributed by atoms with van der Waals surface area (Å²) in [6.45, 7) is 1.94. The Morgan fingerprint density at radius 2 is 1.97 bits per heavy atom. The first kappa shape index (κ1) is 18.2. The van der Waals surface area contributed by atoms with Crippen LogP contribution in [-0.2, 0) is 0 Å². The minimum absolute atomic E-state index is 0.203. The normalized spacial score (nSPS) is 11.1. The number of nitrogens with zero attached hydrogens (tertiary/aromatic N) is 2. The molecular weight excluding hydrogens is 400 g/mol. The van der Waals surface area contributed by atoms with Gasteiger partial charge in [0, 0.05) is 27.3 Å². The zero-order valence-electron chi connectivity index (χ0n) is 16.0. The van der Waals surface area contributed by atoms with E-state index in [-0.39, 0.29) is 5.91 Å². The topological polar surface area (TPSA) is 98.5 Å². The average molecular weight is 417 g/mol. The van der Waals surface area contributed by atoms with E-state index in [1.54, 1.807) is 18.3 Å². The van der Waals surface area contributed by atoms with Gasteiger partial charge in [-0.1, -0.05) is 17.7 Å². The van der Waals surface area contributed by atoms with E-state index in [9.17, 15) is 4.79 Å². The van der Waals surface area contributed by atoms with Crippen molar-refractivity contribution in [1.82, 2.24) is 20.2 Å². The van der Waals surface area contributed by atoms with E-state index in [4.69, 9.17) is 11.6 Å². The number of anilines is 3. The molecule has 0 unspecified atom stereocenters. The summed E-state index contributed by atoms with van der Waals surface area (Å²) in [5, 5.41) is 14.7. The molecule has 4 N–H and O–H groups in total. The average Bonchev–Trinajstić information content (AvgIpc) is 3.36. The number of rotatable bonds is 4. The zero-order valence-corrected chi connectivity index (χ0v) is 16.7. The minimum Gasteiger partial charge on any atom is -0.325 e. The van der Waals surface area contributed by atoms with Gasteiger partial charge in [-0.25, -0.2) is 4.98 Å². The van der Waals surface area contributed by atoms with Gasteiger partial charge in [0.25, 0.3) is 5.91 Å². The Labute approximate surface area is 176 Å². The molecule has 0 fully saturated rings. The van der Waals surface area contributed by atoms with Gasteiger partial charge >= 0.3 is 0 Å². The molecule has 0 aliphatic heterocycles. The predicted molar refractivity (Wildman–Crippen MR) is 120 cm³/mol. The largest absolute Gasteiger partial charge is 0.325 e. The predicted octanol–water partition coefficient (Wildman–Crippen LogP) is 5.40. The van der Waals surface area contributed by atoms with E-state index < -0.39 is 0 Å². The number of hydrogen-bond donors (Lipinski definition) is 4. The van der Waals surface area contributed by atoms with Crippen LogP contribution in [-0.4, -0.2) is 26.1 Å². The van der Waals surface area contributed by atoms with Crippen LogP contribution in [0.5, 0.6) is 0 Å². The van der Waals surface area contributed by atoms with Crippen molar-refractivity contribution in [3.63, 3.8) is 0 Å². The van der Waals surface area contributed by atoms with Crippen LogP contribution >= 0.6 is 11.6 Å². The molecule has 2 aromatic heterocycles. The van der Waals surface area contributed by atoms with Crippen LogP contribution in [0.2, 0.25) is 5.02 Å². The van der Waals surface area contributed by atoms with Crippen molar-refractivity contribution in [2.24, 2.45) is 0 Å². The molecule has 0 radical (unpaired) electrons. The number of fused-ring (bicyclic) bond motifs is 2. The summed E-state index contributed by atoms with van der Waals surface area (Å²) in [6, 6.07) is 16.6.